The van der Waals surface area contributed by atoms with Crippen LogP contribution in [0.3, 0.4) is 0 Å². The van der Waals surface area contributed by atoms with Gasteiger partial charge in [-0.15, -0.1) is 0 Å². The van der Waals surface area contributed by atoms with E-state index in [1.54, 1.807) is 36.7 Å². The lowest BCUT2D eigenvalue weighted by Crippen LogP contribution is -2.12. The van der Waals surface area contributed by atoms with Crippen molar-refractivity contribution in [1.29, 1.82) is 0 Å². The number of aromatic nitrogens is 2. The number of primary amides is 1. The number of nitrogens with two attached hydrogens (primary N) is 1. The minimum Gasteiger partial charge on any atom is -0.454 e. The van der Waals surface area contributed by atoms with Crippen LogP contribution >= 0.6 is 0 Å². The Kier molecular flexibility index (Phi) is 3.01. The van der Waals surface area contributed by atoms with Crippen LogP contribution in [0.2, 0.25) is 0 Å². The monoisotopic (exact) mass is 307 g/mol. The predicted molar refractivity (Wildman–Crippen MR) is 85.7 cm³/mol. The van der Waals surface area contributed by atoms with Crippen molar-refractivity contribution in [3.05, 3.63) is 53.9 Å². The van der Waals surface area contributed by atoms with Gasteiger partial charge in [-0.3, -0.25) is 4.79 Å². The van der Waals surface area contributed by atoms with Crippen LogP contribution in [-0.2, 0) is 4.79 Å². The van der Waals surface area contributed by atoms with Gasteiger partial charge in [0.1, 0.15) is 5.65 Å². The number of hydrogen-bond donors (Lipinski definition) is 2. The third-order valence-corrected chi connectivity index (χ3v) is 3.73. The van der Waals surface area contributed by atoms with Gasteiger partial charge in [-0.1, -0.05) is 6.07 Å². The highest BCUT2D eigenvalue weighted by molar-refractivity contribution is 6.24. The molecule has 0 radical (unpaired) electrons. The molecule has 3 N–H and O–H groups in total. The molecule has 1 amide bonds. The highest BCUT2D eigenvalue weighted by Crippen LogP contribution is 2.35. The van der Waals surface area contributed by atoms with Crippen molar-refractivity contribution in [2.75, 3.05) is 6.79 Å². The van der Waals surface area contributed by atoms with Crippen molar-refractivity contribution in [3.8, 4) is 11.5 Å². The minimum absolute atomic E-state index is 0.183. The second-order valence-electron chi connectivity index (χ2n) is 5.13. The smallest absolute Gasteiger partial charge is 0.249 e. The fourth-order valence-corrected chi connectivity index (χ4v) is 2.61. The third kappa shape index (κ3) is 2.30. The summed E-state index contributed by atoms with van der Waals surface area (Å²) in [4.78, 5) is 19.2. The van der Waals surface area contributed by atoms with Crippen LogP contribution in [0, 0.1) is 0 Å². The fourth-order valence-electron chi connectivity index (χ4n) is 2.61. The Morgan fingerprint density at radius 1 is 1.26 bits per heavy atom. The summed E-state index contributed by atoms with van der Waals surface area (Å²) < 4.78 is 10.6. The summed E-state index contributed by atoms with van der Waals surface area (Å²) in [7, 11) is 0. The first-order valence-corrected chi connectivity index (χ1v) is 7.06. The first-order chi connectivity index (χ1) is 11.2. The molecule has 0 saturated heterocycles. The maximum absolute atomic E-state index is 11.9. The van der Waals surface area contributed by atoms with Gasteiger partial charge >= 0.3 is 0 Å². The van der Waals surface area contributed by atoms with Gasteiger partial charge in [0, 0.05) is 28.9 Å². The largest absolute Gasteiger partial charge is 0.454 e. The lowest BCUT2D eigenvalue weighted by atomic mass is 10.0. The van der Waals surface area contributed by atoms with Gasteiger partial charge in [-0.05, 0) is 35.9 Å². The molecule has 6 nitrogen and oxygen atoms in total. The highest BCUT2D eigenvalue weighted by atomic mass is 16.7. The Morgan fingerprint density at radius 3 is 3.00 bits per heavy atom. The quantitative estimate of drug-likeness (QED) is 0.727. The summed E-state index contributed by atoms with van der Waals surface area (Å²) in [5, 5.41) is 0.923. The van der Waals surface area contributed by atoms with Crippen LogP contribution in [-0.4, -0.2) is 22.7 Å². The van der Waals surface area contributed by atoms with Crippen LogP contribution in [0.25, 0.3) is 22.7 Å². The molecule has 0 bridgehead atoms. The Morgan fingerprint density at radius 2 is 2.13 bits per heavy atom. The fraction of sp³-hybridized carbons (Fsp3) is 0.0588. The molecule has 6 heteroatoms. The van der Waals surface area contributed by atoms with E-state index in [2.05, 4.69) is 9.97 Å². The van der Waals surface area contributed by atoms with Crippen LogP contribution in [0.15, 0.2) is 42.7 Å². The second kappa shape index (κ2) is 5.17. The first kappa shape index (κ1) is 13.4. The number of ether oxygens (including phenoxy) is 2. The molecular weight excluding hydrogens is 294 g/mol. The molecule has 1 aliphatic rings. The van der Waals surface area contributed by atoms with E-state index in [4.69, 9.17) is 15.2 Å². The SMILES string of the molecule is NC(=O)C(=Cc1c[nH]c2ncccc12)c1ccc2c(c1)OCO2. The number of nitrogens with zero attached hydrogens (tertiary/aromatic N) is 1. The number of nitrogens with one attached hydrogen (secondary N) is 1. The van der Waals surface area contributed by atoms with E-state index >= 15 is 0 Å². The van der Waals surface area contributed by atoms with Crippen LogP contribution in [0.5, 0.6) is 11.5 Å². The molecule has 3 aromatic rings. The number of amides is 1. The Balaban J connectivity index is 1.83. The van der Waals surface area contributed by atoms with E-state index in [9.17, 15) is 4.79 Å². The van der Waals surface area contributed by atoms with Gasteiger partial charge in [0.05, 0.1) is 0 Å². The summed E-state index contributed by atoms with van der Waals surface area (Å²) in [6, 6.07) is 9.09. The topological polar surface area (TPSA) is 90.2 Å². The number of rotatable bonds is 3. The van der Waals surface area contributed by atoms with Gasteiger partial charge in [-0.2, -0.15) is 0 Å². The number of carbonyl (C=O) groups is 1. The van der Waals surface area contributed by atoms with Crippen molar-refractivity contribution in [1.82, 2.24) is 9.97 Å². The average Bonchev–Trinajstić information content (AvgIpc) is 3.18. The van der Waals surface area contributed by atoms with E-state index in [1.807, 2.05) is 12.1 Å². The summed E-state index contributed by atoms with van der Waals surface area (Å²) in [5.41, 5.74) is 8.25. The van der Waals surface area contributed by atoms with Crippen LogP contribution in [0.1, 0.15) is 11.1 Å². The number of aromatic amines is 1. The summed E-state index contributed by atoms with van der Waals surface area (Å²) in [6.45, 7) is 0.183. The summed E-state index contributed by atoms with van der Waals surface area (Å²) >= 11 is 0. The van der Waals surface area contributed by atoms with E-state index in [0.29, 0.717) is 22.6 Å². The van der Waals surface area contributed by atoms with Gasteiger partial charge in [-0.25, -0.2) is 4.98 Å². The normalized spacial score (nSPS) is 13.5. The molecule has 2 aromatic heterocycles. The second-order valence-corrected chi connectivity index (χ2v) is 5.13. The molecule has 0 unspecified atom stereocenters. The molecule has 0 atom stereocenters. The molecule has 3 heterocycles. The molecule has 0 fully saturated rings. The third-order valence-electron chi connectivity index (χ3n) is 3.73. The Bertz CT molecular complexity index is 943. The van der Waals surface area contributed by atoms with Crippen LogP contribution < -0.4 is 15.2 Å². The van der Waals surface area contributed by atoms with Crippen molar-refractivity contribution in [3.63, 3.8) is 0 Å². The van der Waals surface area contributed by atoms with Crippen molar-refractivity contribution < 1.29 is 14.3 Å². The van der Waals surface area contributed by atoms with Gasteiger partial charge in [0.25, 0.3) is 0 Å². The molecule has 23 heavy (non-hydrogen) atoms. The van der Waals surface area contributed by atoms with Gasteiger partial charge < -0.3 is 20.2 Å². The molecule has 1 aromatic carbocycles. The number of benzene rings is 1. The van der Waals surface area contributed by atoms with E-state index < -0.39 is 5.91 Å². The van der Waals surface area contributed by atoms with Crippen molar-refractivity contribution in [2.24, 2.45) is 5.73 Å². The van der Waals surface area contributed by atoms with Crippen LogP contribution in [0.4, 0.5) is 0 Å². The standard InChI is InChI=1S/C17H13N3O3/c18-16(21)13(10-3-4-14-15(7-10)23-9-22-14)6-11-8-20-17-12(11)2-1-5-19-17/h1-8H,9H2,(H2,18,21)(H,19,20). The molecule has 114 valence electrons. The number of hydrogen-bond acceptors (Lipinski definition) is 4. The zero-order valence-electron chi connectivity index (χ0n) is 12.1. The highest BCUT2D eigenvalue weighted by Gasteiger charge is 2.17. The van der Waals surface area contributed by atoms with Gasteiger partial charge in [0.2, 0.25) is 12.7 Å². The average molecular weight is 307 g/mol. The molecule has 4 rings (SSSR count). The number of fused-ring (bicyclic) bond motifs is 2. The van der Waals surface area contributed by atoms with E-state index in [1.165, 1.54) is 0 Å². The Labute approximate surface area is 131 Å². The predicted octanol–water partition coefficient (Wildman–Crippen LogP) is 2.32. The van der Waals surface area contributed by atoms with Crippen molar-refractivity contribution in [2.45, 2.75) is 0 Å². The number of H-pyrrole nitrogens is 1. The maximum atomic E-state index is 11.9. The maximum Gasteiger partial charge on any atom is 0.249 e. The number of pyridine rings is 1. The first-order valence-electron chi connectivity index (χ1n) is 7.06. The van der Waals surface area contributed by atoms with Crippen molar-refractivity contribution >= 4 is 28.6 Å². The summed E-state index contributed by atoms with van der Waals surface area (Å²) in [6.07, 6.45) is 5.26. The lowest BCUT2D eigenvalue weighted by Gasteiger charge is -2.05. The van der Waals surface area contributed by atoms with E-state index in [-0.39, 0.29) is 6.79 Å². The molecular formula is C17H13N3O3. The molecule has 0 aliphatic carbocycles. The zero-order valence-corrected chi connectivity index (χ0v) is 12.1. The minimum atomic E-state index is -0.512. The van der Waals surface area contributed by atoms with Gasteiger partial charge in [0.15, 0.2) is 11.5 Å². The van der Waals surface area contributed by atoms with E-state index in [0.717, 1.165) is 16.6 Å². The lowest BCUT2D eigenvalue weighted by molar-refractivity contribution is -0.112. The Hall–Kier alpha value is -3.28. The molecule has 0 spiro atoms. The summed E-state index contributed by atoms with van der Waals surface area (Å²) in [5.74, 6) is 0.756. The molecule has 1 aliphatic heterocycles. The number of carbonyl (C=O) groups excluding carboxylic acids is 1. The molecule has 0 saturated carbocycles. The zero-order chi connectivity index (χ0) is 15.8.